The molecule has 0 radical (unpaired) electrons. The molecule has 0 amide bonds. The molecule has 0 aliphatic carbocycles. The lowest BCUT2D eigenvalue weighted by Gasteiger charge is -2.22. The Labute approximate surface area is 107 Å². The molecule has 1 aromatic rings. The Kier molecular flexibility index (Phi) is 5.55. The van der Waals surface area contributed by atoms with E-state index in [-0.39, 0.29) is 6.54 Å². The first-order valence-corrected chi connectivity index (χ1v) is 5.92. The first kappa shape index (κ1) is 14.9. The summed E-state index contributed by atoms with van der Waals surface area (Å²) >= 11 is 0. The van der Waals surface area contributed by atoms with E-state index in [4.69, 9.17) is 5.11 Å². The summed E-state index contributed by atoms with van der Waals surface area (Å²) in [5.74, 6) is 0. The van der Waals surface area contributed by atoms with E-state index in [1.165, 1.54) is 5.56 Å². The molecule has 0 heterocycles. The Morgan fingerprint density at radius 2 is 1.72 bits per heavy atom. The number of nitrogens with one attached hydrogen (secondary N) is 1. The van der Waals surface area contributed by atoms with E-state index in [0.717, 1.165) is 11.3 Å². The Balaban J connectivity index is 2.51. The molecule has 0 spiro atoms. The molecule has 102 valence electrons. The van der Waals surface area contributed by atoms with E-state index < -0.39 is 24.9 Å². The molecule has 0 unspecified atom stereocenters. The van der Waals surface area contributed by atoms with Gasteiger partial charge in [-0.2, -0.15) is 0 Å². The number of aryl methyl sites for hydroxylation is 2. The van der Waals surface area contributed by atoms with E-state index in [0.29, 0.717) is 0 Å². The highest BCUT2D eigenvalue weighted by atomic mass is 16.4. The number of aliphatic hydroxyl groups excluding tert-OH is 4. The molecule has 0 bridgehead atoms. The maximum absolute atomic E-state index is 9.62. The number of hydrogen-bond donors (Lipinski definition) is 5. The van der Waals surface area contributed by atoms with Gasteiger partial charge in [-0.3, -0.25) is 0 Å². The van der Waals surface area contributed by atoms with Gasteiger partial charge in [0, 0.05) is 12.2 Å². The van der Waals surface area contributed by atoms with Crippen molar-refractivity contribution in [1.82, 2.24) is 0 Å². The number of rotatable bonds is 6. The standard InChI is InChI=1S/C13H21NO4/c1-8-3-4-10(5-9(8)2)14-6-11(16)13(18)12(17)7-15/h3-5,11-18H,6-7H2,1-2H3/t11-,12-,13+/m0/s1. The van der Waals surface area contributed by atoms with E-state index in [9.17, 15) is 15.3 Å². The van der Waals surface area contributed by atoms with Gasteiger partial charge in [-0.1, -0.05) is 6.07 Å². The molecule has 0 saturated heterocycles. The SMILES string of the molecule is Cc1ccc(NC[C@H](O)[C@@H](O)[C@@H](O)CO)cc1C. The van der Waals surface area contributed by atoms with Crippen molar-refractivity contribution >= 4 is 5.69 Å². The van der Waals surface area contributed by atoms with E-state index >= 15 is 0 Å². The van der Waals surface area contributed by atoms with E-state index in [1.807, 2.05) is 32.0 Å². The highest BCUT2D eigenvalue weighted by Crippen LogP contribution is 2.14. The highest BCUT2D eigenvalue weighted by Gasteiger charge is 2.23. The van der Waals surface area contributed by atoms with E-state index in [2.05, 4.69) is 5.32 Å². The predicted octanol–water partition coefficient (Wildman–Crippen LogP) is -0.210. The molecule has 0 fully saturated rings. The van der Waals surface area contributed by atoms with Gasteiger partial charge in [0.1, 0.15) is 12.2 Å². The molecule has 0 aliphatic heterocycles. The zero-order valence-corrected chi connectivity index (χ0v) is 10.7. The normalized spacial score (nSPS) is 16.1. The fourth-order valence-corrected chi connectivity index (χ4v) is 1.56. The summed E-state index contributed by atoms with van der Waals surface area (Å²) in [6, 6.07) is 5.78. The van der Waals surface area contributed by atoms with Crippen molar-refractivity contribution < 1.29 is 20.4 Å². The third-order valence-electron chi connectivity index (χ3n) is 3.00. The highest BCUT2D eigenvalue weighted by molar-refractivity contribution is 5.48. The van der Waals surface area contributed by atoms with Crippen molar-refractivity contribution in [2.75, 3.05) is 18.5 Å². The average Bonchev–Trinajstić information content (AvgIpc) is 2.37. The number of hydrogen-bond acceptors (Lipinski definition) is 5. The fourth-order valence-electron chi connectivity index (χ4n) is 1.56. The van der Waals surface area contributed by atoms with Gasteiger partial charge in [0.2, 0.25) is 0 Å². The molecule has 1 rings (SSSR count). The third kappa shape index (κ3) is 3.96. The maximum Gasteiger partial charge on any atom is 0.110 e. The van der Waals surface area contributed by atoms with Crippen LogP contribution in [0.3, 0.4) is 0 Å². The molecule has 0 aromatic heterocycles. The monoisotopic (exact) mass is 255 g/mol. The lowest BCUT2D eigenvalue weighted by molar-refractivity contribution is -0.0715. The summed E-state index contributed by atoms with van der Waals surface area (Å²) in [4.78, 5) is 0. The Bertz CT molecular complexity index is 383. The van der Waals surface area contributed by atoms with Crippen LogP contribution < -0.4 is 5.32 Å². The second-order valence-corrected chi connectivity index (χ2v) is 4.49. The molecule has 5 N–H and O–H groups in total. The Morgan fingerprint density at radius 1 is 1.06 bits per heavy atom. The van der Waals surface area contributed by atoms with Gasteiger partial charge < -0.3 is 25.7 Å². The maximum atomic E-state index is 9.62. The average molecular weight is 255 g/mol. The van der Waals surface area contributed by atoms with Crippen LogP contribution in [0, 0.1) is 13.8 Å². The summed E-state index contributed by atoms with van der Waals surface area (Å²) < 4.78 is 0. The van der Waals surface area contributed by atoms with Crippen LogP contribution in [0.25, 0.3) is 0 Å². The molecule has 5 heteroatoms. The summed E-state index contributed by atoms with van der Waals surface area (Å²) in [5, 5.41) is 39.9. The lowest BCUT2D eigenvalue weighted by atomic mass is 10.1. The van der Waals surface area contributed by atoms with Crippen molar-refractivity contribution in [3.05, 3.63) is 29.3 Å². The summed E-state index contributed by atoms with van der Waals surface area (Å²) in [6.45, 7) is 3.51. The zero-order valence-electron chi connectivity index (χ0n) is 10.7. The predicted molar refractivity (Wildman–Crippen MR) is 69.5 cm³/mol. The van der Waals surface area contributed by atoms with Gasteiger partial charge in [-0.05, 0) is 37.1 Å². The van der Waals surface area contributed by atoms with Gasteiger partial charge >= 0.3 is 0 Å². The second kappa shape index (κ2) is 6.70. The van der Waals surface area contributed by atoms with Crippen molar-refractivity contribution in [2.45, 2.75) is 32.2 Å². The van der Waals surface area contributed by atoms with Crippen LogP contribution in [0.5, 0.6) is 0 Å². The largest absolute Gasteiger partial charge is 0.394 e. The summed E-state index contributed by atoms with van der Waals surface area (Å²) in [5.41, 5.74) is 3.14. The zero-order chi connectivity index (χ0) is 13.7. The minimum atomic E-state index is -1.37. The molecule has 0 saturated carbocycles. The van der Waals surface area contributed by atoms with Crippen molar-refractivity contribution in [2.24, 2.45) is 0 Å². The van der Waals surface area contributed by atoms with Crippen molar-refractivity contribution in [1.29, 1.82) is 0 Å². The lowest BCUT2D eigenvalue weighted by Crippen LogP contribution is -2.42. The van der Waals surface area contributed by atoms with Crippen LogP contribution in [0.15, 0.2) is 18.2 Å². The molecular weight excluding hydrogens is 234 g/mol. The van der Waals surface area contributed by atoms with Crippen LogP contribution in [0.1, 0.15) is 11.1 Å². The number of aliphatic hydroxyl groups is 4. The van der Waals surface area contributed by atoms with Crippen LogP contribution in [0.2, 0.25) is 0 Å². The minimum absolute atomic E-state index is 0.0979. The topological polar surface area (TPSA) is 93.0 Å². The van der Waals surface area contributed by atoms with Gasteiger partial charge in [0.15, 0.2) is 0 Å². The molecular formula is C13H21NO4. The first-order chi connectivity index (χ1) is 8.45. The molecule has 18 heavy (non-hydrogen) atoms. The van der Waals surface area contributed by atoms with Crippen molar-refractivity contribution in [3.8, 4) is 0 Å². The van der Waals surface area contributed by atoms with E-state index in [1.54, 1.807) is 0 Å². The fraction of sp³-hybridized carbons (Fsp3) is 0.538. The summed E-state index contributed by atoms with van der Waals surface area (Å²) in [7, 11) is 0. The molecule has 1 aromatic carbocycles. The summed E-state index contributed by atoms with van der Waals surface area (Å²) in [6.07, 6.45) is -3.84. The number of benzene rings is 1. The van der Waals surface area contributed by atoms with Crippen LogP contribution in [0.4, 0.5) is 5.69 Å². The van der Waals surface area contributed by atoms with Crippen LogP contribution in [-0.2, 0) is 0 Å². The van der Waals surface area contributed by atoms with Crippen LogP contribution >= 0.6 is 0 Å². The number of anilines is 1. The molecule has 0 aliphatic rings. The molecule has 3 atom stereocenters. The first-order valence-electron chi connectivity index (χ1n) is 5.92. The second-order valence-electron chi connectivity index (χ2n) is 4.49. The van der Waals surface area contributed by atoms with Gasteiger partial charge in [0.25, 0.3) is 0 Å². The van der Waals surface area contributed by atoms with Gasteiger partial charge in [-0.15, -0.1) is 0 Å². The Hall–Kier alpha value is -1.14. The smallest absolute Gasteiger partial charge is 0.110 e. The molecule has 5 nitrogen and oxygen atoms in total. The van der Waals surface area contributed by atoms with Crippen molar-refractivity contribution in [3.63, 3.8) is 0 Å². The van der Waals surface area contributed by atoms with Gasteiger partial charge in [-0.25, -0.2) is 0 Å². The van der Waals surface area contributed by atoms with Crippen LogP contribution in [-0.4, -0.2) is 51.9 Å². The third-order valence-corrected chi connectivity index (χ3v) is 3.00. The quantitative estimate of drug-likeness (QED) is 0.485. The Morgan fingerprint density at radius 3 is 2.28 bits per heavy atom. The van der Waals surface area contributed by atoms with Gasteiger partial charge in [0.05, 0.1) is 12.7 Å². The minimum Gasteiger partial charge on any atom is -0.394 e.